The quantitative estimate of drug-likeness (QED) is 0.417. The van der Waals surface area contributed by atoms with Gasteiger partial charge < -0.3 is 4.43 Å². The molecule has 2 rings (SSSR count). The molecule has 22 heavy (non-hydrogen) atoms. The average Bonchev–Trinajstić information content (AvgIpc) is 2.85. The summed E-state index contributed by atoms with van der Waals surface area (Å²) in [5.41, 5.74) is 1.45. The summed E-state index contributed by atoms with van der Waals surface area (Å²) in [5.74, 6) is 0.861. The summed E-state index contributed by atoms with van der Waals surface area (Å²) in [7, 11) is -1.84. The molecule has 0 aliphatic carbocycles. The van der Waals surface area contributed by atoms with Crippen molar-refractivity contribution < 1.29 is 4.43 Å². The van der Waals surface area contributed by atoms with Crippen LogP contribution in [-0.4, -0.2) is 25.8 Å². The molecule has 1 atom stereocenters. The molecular formula is C18H29NOSSi. The van der Waals surface area contributed by atoms with Crippen LogP contribution in [0.3, 0.4) is 0 Å². The van der Waals surface area contributed by atoms with Crippen LogP contribution in [0.4, 0.5) is 0 Å². The Morgan fingerprint density at radius 2 is 2.14 bits per heavy atom. The maximum absolute atomic E-state index is 6.41. The summed E-state index contributed by atoms with van der Waals surface area (Å²) in [6, 6.07) is 2.34. The molecular weight excluding hydrogens is 306 g/mol. The van der Waals surface area contributed by atoms with E-state index < -0.39 is 8.32 Å². The van der Waals surface area contributed by atoms with E-state index in [0.29, 0.717) is 0 Å². The van der Waals surface area contributed by atoms with E-state index >= 15 is 0 Å². The Hall–Kier alpha value is -0.843. The third-order valence-electron chi connectivity index (χ3n) is 4.98. The molecule has 2 heterocycles. The minimum absolute atomic E-state index is 0.0992. The highest BCUT2D eigenvalue weighted by molar-refractivity contribution is 7.10. The van der Waals surface area contributed by atoms with Gasteiger partial charge in [0.15, 0.2) is 0 Å². The van der Waals surface area contributed by atoms with Crippen molar-refractivity contribution >= 4 is 19.7 Å². The first-order valence-corrected chi connectivity index (χ1v) is 11.7. The molecule has 0 N–H and O–H groups in total. The van der Waals surface area contributed by atoms with E-state index in [1.165, 1.54) is 10.4 Å². The fourth-order valence-electron chi connectivity index (χ4n) is 2.53. The molecule has 0 aromatic carbocycles. The lowest BCUT2D eigenvalue weighted by molar-refractivity contribution is 0.192. The number of rotatable bonds is 5. The van der Waals surface area contributed by atoms with Gasteiger partial charge in [-0.1, -0.05) is 33.4 Å². The lowest BCUT2D eigenvalue weighted by Crippen LogP contribution is -2.45. The molecule has 1 aliphatic rings. The highest BCUT2D eigenvalue weighted by Crippen LogP contribution is 2.38. The number of thiophene rings is 1. The number of nitrogens with zero attached hydrogens (tertiary/aromatic N) is 1. The minimum atomic E-state index is -1.84. The van der Waals surface area contributed by atoms with Gasteiger partial charge in [-0.25, -0.2) is 0 Å². The van der Waals surface area contributed by atoms with Crippen LogP contribution in [0.2, 0.25) is 18.1 Å². The van der Waals surface area contributed by atoms with Crippen LogP contribution in [-0.2, 0) is 17.4 Å². The van der Waals surface area contributed by atoms with Crippen molar-refractivity contribution in [2.24, 2.45) is 0 Å². The molecule has 0 radical (unpaired) electrons. The molecule has 0 unspecified atom stereocenters. The molecule has 1 aliphatic heterocycles. The predicted octanol–water partition coefficient (Wildman–Crippen LogP) is 5.20. The van der Waals surface area contributed by atoms with E-state index in [9.17, 15) is 0 Å². The fraction of sp³-hybridized carbons (Fsp3) is 0.556. The Bertz CT molecular complexity index is 556. The molecule has 0 spiro atoms. The maximum Gasteiger partial charge on any atom is 0.250 e. The molecule has 0 saturated carbocycles. The maximum atomic E-state index is 6.41. The predicted molar refractivity (Wildman–Crippen MR) is 99.8 cm³/mol. The van der Waals surface area contributed by atoms with Gasteiger partial charge in [0.2, 0.25) is 8.32 Å². The average molecular weight is 336 g/mol. The second-order valence-electron chi connectivity index (χ2n) is 7.60. The Morgan fingerprint density at radius 1 is 1.45 bits per heavy atom. The van der Waals surface area contributed by atoms with Gasteiger partial charge in [0, 0.05) is 18.0 Å². The first kappa shape index (κ1) is 17.5. The van der Waals surface area contributed by atoms with Crippen LogP contribution in [0.5, 0.6) is 0 Å². The van der Waals surface area contributed by atoms with Gasteiger partial charge in [0.1, 0.15) is 0 Å². The Kier molecular flexibility index (Phi) is 5.05. The van der Waals surface area contributed by atoms with Gasteiger partial charge in [-0.2, -0.15) is 0 Å². The highest BCUT2D eigenvalue weighted by atomic mass is 32.1. The van der Waals surface area contributed by atoms with E-state index in [-0.39, 0.29) is 11.1 Å². The molecule has 0 fully saturated rings. The van der Waals surface area contributed by atoms with Crippen molar-refractivity contribution in [2.45, 2.75) is 57.9 Å². The second kappa shape index (κ2) is 6.34. The standard InChI is InChI=1S/C18H29NOSSi/c1-8-16(14(2)20-22(6,7)18(3,4)5)19-11-9-17-15(13-19)10-12-21-17/h8,10,12,16H,1-2,9,11,13H2,3-7H3/t16-/m0/s1. The first-order valence-electron chi connectivity index (χ1n) is 7.95. The number of hydrogen-bond acceptors (Lipinski definition) is 3. The van der Waals surface area contributed by atoms with Gasteiger partial charge >= 0.3 is 0 Å². The van der Waals surface area contributed by atoms with Crippen LogP contribution in [0.1, 0.15) is 31.2 Å². The minimum Gasteiger partial charge on any atom is -0.545 e. The zero-order chi connectivity index (χ0) is 16.5. The largest absolute Gasteiger partial charge is 0.545 e. The van der Waals surface area contributed by atoms with Crippen LogP contribution in [0, 0.1) is 0 Å². The third-order valence-corrected chi connectivity index (χ3v) is 10.4. The smallest absolute Gasteiger partial charge is 0.250 e. The third kappa shape index (κ3) is 3.55. The second-order valence-corrected chi connectivity index (χ2v) is 13.3. The summed E-state index contributed by atoms with van der Waals surface area (Å²) >= 11 is 1.87. The van der Waals surface area contributed by atoms with Gasteiger partial charge in [-0.3, -0.25) is 4.90 Å². The van der Waals surface area contributed by atoms with Crippen LogP contribution in [0.15, 0.2) is 36.4 Å². The summed E-state index contributed by atoms with van der Waals surface area (Å²) in [6.45, 7) is 21.6. The molecule has 0 bridgehead atoms. The summed E-state index contributed by atoms with van der Waals surface area (Å²) in [6.07, 6.45) is 3.09. The van der Waals surface area contributed by atoms with Crippen LogP contribution < -0.4 is 0 Å². The zero-order valence-electron chi connectivity index (χ0n) is 14.6. The van der Waals surface area contributed by atoms with Gasteiger partial charge in [0.25, 0.3) is 0 Å². The summed E-state index contributed by atoms with van der Waals surface area (Å²) in [5, 5.41) is 2.38. The topological polar surface area (TPSA) is 12.5 Å². The van der Waals surface area contributed by atoms with Gasteiger partial charge in [-0.15, -0.1) is 17.9 Å². The van der Waals surface area contributed by atoms with Crippen molar-refractivity contribution in [3.63, 3.8) is 0 Å². The Morgan fingerprint density at radius 3 is 2.73 bits per heavy atom. The van der Waals surface area contributed by atoms with E-state index in [1.807, 2.05) is 17.4 Å². The SMILES string of the molecule is C=C[C@@H](C(=C)O[Si](C)(C)C(C)(C)C)N1CCc2sccc2C1. The zero-order valence-corrected chi connectivity index (χ0v) is 16.4. The normalized spacial score (nSPS) is 17.7. The van der Waals surface area contributed by atoms with E-state index in [1.54, 1.807) is 0 Å². The Balaban J connectivity index is 2.09. The Labute approximate surface area is 140 Å². The van der Waals surface area contributed by atoms with Crippen LogP contribution >= 0.6 is 11.3 Å². The molecule has 4 heteroatoms. The van der Waals surface area contributed by atoms with E-state index in [4.69, 9.17) is 4.43 Å². The summed E-state index contributed by atoms with van der Waals surface area (Å²) in [4.78, 5) is 3.95. The molecule has 122 valence electrons. The van der Waals surface area contributed by atoms with Gasteiger partial charge in [-0.05, 0) is 41.6 Å². The molecule has 0 amide bonds. The van der Waals surface area contributed by atoms with E-state index in [2.05, 4.69) is 63.4 Å². The van der Waals surface area contributed by atoms with Crippen molar-refractivity contribution in [1.29, 1.82) is 0 Å². The van der Waals surface area contributed by atoms with Crippen molar-refractivity contribution in [2.75, 3.05) is 6.54 Å². The fourth-order valence-corrected chi connectivity index (χ4v) is 4.51. The van der Waals surface area contributed by atoms with Crippen molar-refractivity contribution in [3.8, 4) is 0 Å². The van der Waals surface area contributed by atoms with Crippen LogP contribution in [0.25, 0.3) is 0 Å². The lowest BCUT2D eigenvalue weighted by Gasteiger charge is -2.41. The van der Waals surface area contributed by atoms with Crippen molar-refractivity contribution in [3.05, 3.63) is 46.9 Å². The lowest BCUT2D eigenvalue weighted by atomic mass is 10.1. The monoisotopic (exact) mass is 335 g/mol. The molecule has 1 aromatic rings. The highest BCUT2D eigenvalue weighted by Gasteiger charge is 2.40. The van der Waals surface area contributed by atoms with E-state index in [0.717, 1.165) is 25.3 Å². The van der Waals surface area contributed by atoms with Crippen molar-refractivity contribution in [1.82, 2.24) is 4.90 Å². The molecule has 0 saturated heterocycles. The van der Waals surface area contributed by atoms with Gasteiger partial charge in [0.05, 0.1) is 11.8 Å². The summed E-state index contributed by atoms with van der Waals surface area (Å²) < 4.78 is 6.41. The first-order chi connectivity index (χ1) is 10.2. The number of hydrogen-bond donors (Lipinski definition) is 0. The number of fused-ring (bicyclic) bond motifs is 1. The molecule has 1 aromatic heterocycles. The molecule has 2 nitrogen and oxygen atoms in total.